The largest absolute Gasteiger partial charge is 0.388 e. The van der Waals surface area contributed by atoms with Crippen LogP contribution in [0.15, 0.2) is 12.1 Å². The zero-order valence-electron chi connectivity index (χ0n) is 13.2. The highest BCUT2D eigenvalue weighted by atomic mass is 19.1. The van der Waals surface area contributed by atoms with Crippen LogP contribution in [-0.4, -0.2) is 5.11 Å². The van der Waals surface area contributed by atoms with E-state index in [9.17, 15) is 9.50 Å². The van der Waals surface area contributed by atoms with Crippen LogP contribution >= 0.6 is 0 Å². The standard InChI is InChI=1S/C19H27FO/c1-12-9-17(20)10-13(2)18(12)19(21)16-8-7-14-5-3-4-6-15(14)11-16/h9-10,14-16,19,21H,3-8,11H2,1-2H3. The lowest BCUT2D eigenvalue weighted by atomic mass is 9.65. The molecule has 0 heterocycles. The van der Waals surface area contributed by atoms with Crippen LogP contribution < -0.4 is 0 Å². The Morgan fingerprint density at radius 2 is 1.62 bits per heavy atom. The smallest absolute Gasteiger partial charge is 0.123 e. The van der Waals surface area contributed by atoms with Crippen molar-refractivity contribution in [1.82, 2.24) is 0 Å². The molecule has 1 aromatic rings. The van der Waals surface area contributed by atoms with Crippen molar-refractivity contribution < 1.29 is 9.50 Å². The van der Waals surface area contributed by atoms with E-state index in [2.05, 4.69) is 0 Å². The first-order valence-corrected chi connectivity index (χ1v) is 8.51. The lowest BCUT2D eigenvalue weighted by molar-refractivity contribution is 0.0342. The molecular formula is C19H27FO. The van der Waals surface area contributed by atoms with Crippen molar-refractivity contribution in [3.63, 3.8) is 0 Å². The summed E-state index contributed by atoms with van der Waals surface area (Å²) in [6.45, 7) is 3.84. The van der Waals surface area contributed by atoms with Crippen molar-refractivity contribution in [2.45, 2.75) is 64.9 Å². The molecule has 0 aliphatic heterocycles. The van der Waals surface area contributed by atoms with Crippen LogP contribution in [0.25, 0.3) is 0 Å². The Hall–Kier alpha value is -0.890. The second kappa shape index (κ2) is 6.08. The third-order valence-corrected chi connectivity index (χ3v) is 5.88. The molecule has 0 spiro atoms. The second-order valence-electron chi connectivity index (χ2n) is 7.28. The topological polar surface area (TPSA) is 20.2 Å². The van der Waals surface area contributed by atoms with E-state index in [4.69, 9.17) is 0 Å². The molecule has 0 radical (unpaired) electrons. The zero-order valence-corrected chi connectivity index (χ0v) is 13.2. The highest BCUT2D eigenvalue weighted by Crippen LogP contribution is 2.46. The van der Waals surface area contributed by atoms with Crippen molar-refractivity contribution in [1.29, 1.82) is 0 Å². The van der Waals surface area contributed by atoms with Gasteiger partial charge in [0, 0.05) is 0 Å². The summed E-state index contributed by atoms with van der Waals surface area (Å²) in [5.41, 5.74) is 2.76. The van der Waals surface area contributed by atoms with Crippen LogP contribution in [0.2, 0.25) is 0 Å². The summed E-state index contributed by atoms with van der Waals surface area (Å²) >= 11 is 0. The molecule has 116 valence electrons. The van der Waals surface area contributed by atoms with E-state index in [1.807, 2.05) is 13.8 Å². The molecule has 21 heavy (non-hydrogen) atoms. The van der Waals surface area contributed by atoms with Gasteiger partial charge in [-0.05, 0) is 79.7 Å². The highest BCUT2D eigenvalue weighted by molar-refractivity contribution is 5.36. The van der Waals surface area contributed by atoms with Crippen molar-refractivity contribution >= 4 is 0 Å². The molecule has 3 rings (SSSR count). The summed E-state index contributed by atoms with van der Waals surface area (Å²) < 4.78 is 13.5. The van der Waals surface area contributed by atoms with E-state index in [1.54, 1.807) is 12.1 Å². The van der Waals surface area contributed by atoms with E-state index < -0.39 is 6.10 Å². The van der Waals surface area contributed by atoms with Gasteiger partial charge in [-0.25, -0.2) is 4.39 Å². The Morgan fingerprint density at radius 1 is 1.00 bits per heavy atom. The van der Waals surface area contributed by atoms with Gasteiger partial charge >= 0.3 is 0 Å². The molecule has 1 N–H and O–H groups in total. The summed E-state index contributed by atoms with van der Waals surface area (Å²) in [6, 6.07) is 3.11. The number of rotatable bonds is 2. The van der Waals surface area contributed by atoms with Crippen LogP contribution in [-0.2, 0) is 0 Å². The fourth-order valence-corrected chi connectivity index (χ4v) is 4.82. The first-order chi connectivity index (χ1) is 10.1. The monoisotopic (exact) mass is 290 g/mol. The van der Waals surface area contributed by atoms with Crippen LogP contribution in [0.5, 0.6) is 0 Å². The van der Waals surface area contributed by atoms with Crippen molar-refractivity contribution in [2.75, 3.05) is 0 Å². The summed E-state index contributed by atoms with van der Waals surface area (Å²) in [5.74, 6) is 1.87. The van der Waals surface area contributed by atoms with Crippen LogP contribution in [0.1, 0.15) is 67.7 Å². The minimum absolute atomic E-state index is 0.197. The molecule has 0 aromatic heterocycles. The fourth-order valence-electron chi connectivity index (χ4n) is 4.82. The Kier molecular flexibility index (Phi) is 4.35. The second-order valence-corrected chi connectivity index (χ2v) is 7.28. The van der Waals surface area contributed by atoms with Gasteiger partial charge in [-0.15, -0.1) is 0 Å². The van der Waals surface area contributed by atoms with E-state index in [1.165, 1.54) is 32.1 Å². The number of halogens is 1. The Morgan fingerprint density at radius 3 is 2.29 bits per heavy atom. The number of aliphatic hydroxyl groups is 1. The first-order valence-electron chi connectivity index (χ1n) is 8.51. The molecule has 2 fully saturated rings. The Bertz CT molecular complexity index is 487. The average molecular weight is 290 g/mol. The van der Waals surface area contributed by atoms with Gasteiger partial charge in [-0.3, -0.25) is 0 Å². The number of benzene rings is 1. The molecule has 2 saturated carbocycles. The van der Waals surface area contributed by atoms with Gasteiger partial charge in [-0.1, -0.05) is 25.7 Å². The van der Waals surface area contributed by atoms with Gasteiger partial charge in [0.15, 0.2) is 0 Å². The molecule has 2 heteroatoms. The van der Waals surface area contributed by atoms with Crippen molar-refractivity contribution in [3.8, 4) is 0 Å². The maximum Gasteiger partial charge on any atom is 0.123 e. The molecule has 1 aromatic carbocycles. The zero-order chi connectivity index (χ0) is 15.0. The third-order valence-electron chi connectivity index (χ3n) is 5.88. The highest BCUT2D eigenvalue weighted by Gasteiger charge is 2.36. The molecule has 2 aliphatic rings. The fraction of sp³-hybridized carbons (Fsp3) is 0.684. The molecule has 2 aliphatic carbocycles. The van der Waals surface area contributed by atoms with Crippen molar-refractivity contribution in [3.05, 3.63) is 34.6 Å². The SMILES string of the molecule is Cc1cc(F)cc(C)c1C(O)C1CCC2CCCCC2C1. The van der Waals surface area contributed by atoms with E-state index in [0.717, 1.165) is 41.4 Å². The lowest BCUT2D eigenvalue weighted by Gasteiger charge is -2.41. The van der Waals surface area contributed by atoms with Gasteiger partial charge in [0.05, 0.1) is 6.10 Å². The Labute approximate surface area is 127 Å². The van der Waals surface area contributed by atoms with E-state index in [-0.39, 0.29) is 5.82 Å². The van der Waals surface area contributed by atoms with Crippen LogP contribution in [0, 0.1) is 37.4 Å². The number of hydrogen-bond donors (Lipinski definition) is 1. The average Bonchev–Trinajstić information content (AvgIpc) is 2.45. The maximum atomic E-state index is 13.5. The minimum atomic E-state index is -0.423. The molecule has 1 nitrogen and oxygen atoms in total. The van der Waals surface area contributed by atoms with Gasteiger partial charge in [-0.2, -0.15) is 0 Å². The molecular weight excluding hydrogens is 263 g/mol. The van der Waals surface area contributed by atoms with Crippen LogP contribution in [0.4, 0.5) is 4.39 Å². The first kappa shape index (κ1) is 15.0. The molecule has 4 atom stereocenters. The van der Waals surface area contributed by atoms with Gasteiger partial charge in [0.2, 0.25) is 0 Å². The van der Waals surface area contributed by atoms with E-state index >= 15 is 0 Å². The predicted octanol–water partition coefficient (Wildman–Crippen LogP) is 5.08. The third kappa shape index (κ3) is 3.01. The number of aliphatic hydroxyl groups excluding tert-OH is 1. The predicted molar refractivity (Wildman–Crippen MR) is 83.6 cm³/mol. The molecule has 0 amide bonds. The summed E-state index contributed by atoms with van der Waals surface area (Å²) in [4.78, 5) is 0. The van der Waals surface area contributed by atoms with Crippen LogP contribution in [0.3, 0.4) is 0 Å². The normalized spacial score (nSPS) is 30.8. The van der Waals surface area contributed by atoms with Gasteiger partial charge < -0.3 is 5.11 Å². The number of fused-ring (bicyclic) bond motifs is 1. The number of aryl methyl sites for hydroxylation is 2. The maximum absolute atomic E-state index is 13.5. The summed E-state index contributed by atoms with van der Waals surface area (Å²) in [6.07, 6.45) is 8.61. The lowest BCUT2D eigenvalue weighted by Crippen LogP contribution is -2.30. The molecule has 0 bridgehead atoms. The van der Waals surface area contributed by atoms with Gasteiger partial charge in [0.25, 0.3) is 0 Å². The van der Waals surface area contributed by atoms with Gasteiger partial charge in [0.1, 0.15) is 5.82 Å². The molecule has 0 saturated heterocycles. The van der Waals surface area contributed by atoms with Crippen molar-refractivity contribution in [2.24, 2.45) is 17.8 Å². The molecule has 4 unspecified atom stereocenters. The minimum Gasteiger partial charge on any atom is -0.388 e. The quantitative estimate of drug-likeness (QED) is 0.805. The summed E-state index contributed by atoms with van der Waals surface area (Å²) in [7, 11) is 0. The summed E-state index contributed by atoms with van der Waals surface area (Å²) in [5, 5.41) is 10.9. The Balaban J connectivity index is 1.78. The number of hydrogen-bond acceptors (Lipinski definition) is 1. The van der Waals surface area contributed by atoms with E-state index in [0.29, 0.717) is 5.92 Å².